The van der Waals surface area contributed by atoms with Crippen LogP contribution in [0.1, 0.15) is 6.92 Å². The van der Waals surface area contributed by atoms with E-state index in [1.165, 1.54) is 11.8 Å². The normalized spacial score (nSPS) is 12.0. The van der Waals surface area contributed by atoms with Gasteiger partial charge in [0, 0.05) is 15.7 Å². The molecule has 0 bridgehead atoms. The van der Waals surface area contributed by atoms with Gasteiger partial charge in [-0.1, -0.05) is 53.2 Å². The molecule has 25 heavy (non-hydrogen) atoms. The van der Waals surface area contributed by atoms with Gasteiger partial charge in [-0.05, 0) is 47.7 Å². The summed E-state index contributed by atoms with van der Waals surface area (Å²) in [6.07, 6.45) is 0. The Morgan fingerprint density at radius 3 is 2.52 bits per heavy atom. The van der Waals surface area contributed by atoms with E-state index in [9.17, 15) is 4.79 Å². The van der Waals surface area contributed by atoms with Crippen LogP contribution >= 0.6 is 35.0 Å². The first-order valence-corrected chi connectivity index (χ1v) is 8.94. The van der Waals surface area contributed by atoms with Crippen LogP contribution in [0.5, 0.6) is 0 Å². The number of hydrogen-bond donors (Lipinski definition) is 1. The van der Waals surface area contributed by atoms with Gasteiger partial charge in [0.2, 0.25) is 11.1 Å². The van der Waals surface area contributed by atoms with Crippen LogP contribution in [0, 0.1) is 0 Å². The molecule has 0 aliphatic rings. The van der Waals surface area contributed by atoms with E-state index in [0.717, 1.165) is 5.69 Å². The lowest BCUT2D eigenvalue weighted by Crippen LogP contribution is -2.23. The van der Waals surface area contributed by atoms with Crippen molar-refractivity contribution in [2.45, 2.75) is 17.3 Å². The van der Waals surface area contributed by atoms with Crippen LogP contribution < -0.4 is 5.32 Å². The first-order valence-electron chi connectivity index (χ1n) is 7.30. The van der Waals surface area contributed by atoms with Gasteiger partial charge in [-0.3, -0.25) is 4.79 Å². The van der Waals surface area contributed by atoms with Gasteiger partial charge in [-0.15, -0.1) is 5.10 Å². The Morgan fingerprint density at radius 2 is 1.84 bits per heavy atom. The molecular weight excluding hydrogens is 381 g/mol. The lowest BCUT2D eigenvalue weighted by molar-refractivity contribution is -0.115. The molecule has 3 aromatic rings. The highest BCUT2D eigenvalue weighted by Crippen LogP contribution is 2.26. The number of para-hydroxylation sites is 1. The lowest BCUT2D eigenvalue weighted by Gasteiger charge is -2.12. The molecule has 1 atom stereocenters. The lowest BCUT2D eigenvalue weighted by atomic mass is 10.3. The summed E-state index contributed by atoms with van der Waals surface area (Å²) in [4.78, 5) is 12.4. The van der Waals surface area contributed by atoms with Crippen molar-refractivity contribution >= 4 is 46.6 Å². The molecule has 6 nitrogen and oxygen atoms in total. The molecule has 1 heterocycles. The quantitative estimate of drug-likeness (QED) is 0.660. The van der Waals surface area contributed by atoms with Gasteiger partial charge in [0.05, 0.1) is 10.9 Å². The number of nitrogens with one attached hydrogen (secondary N) is 1. The minimum absolute atomic E-state index is 0.203. The number of tetrazole rings is 1. The third-order valence-electron chi connectivity index (χ3n) is 3.22. The van der Waals surface area contributed by atoms with Crippen LogP contribution in [0.4, 0.5) is 5.69 Å². The molecule has 1 N–H and O–H groups in total. The fraction of sp³-hybridized carbons (Fsp3) is 0.125. The van der Waals surface area contributed by atoms with E-state index in [4.69, 9.17) is 23.2 Å². The molecule has 0 saturated carbocycles. The van der Waals surface area contributed by atoms with Crippen molar-refractivity contribution in [2.75, 3.05) is 5.32 Å². The summed E-state index contributed by atoms with van der Waals surface area (Å²) in [7, 11) is 0. The number of rotatable bonds is 5. The second-order valence-corrected chi connectivity index (χ2v) is 7.30. The van der Waals surface area contributed by atoms with E-state index in [0.29, 0.717) is 20.9 Å². The van der Waals surface area contributed by atoms with Crippen LogP contribution in [0.25, 0.3) is 5.69 Å². The topological polar surface area (TPSA) is 72.7 Å². The van der Waals surface area contributed by atoms with Gasteiger partial charge < -0.3 is 5.32 Å². The Labute approximate surface area is 158 Å². The van der Waals surface area contributed by atoms with Gasteiger partial charge in [-0.25, -0.2) is 0 Å². The van der Waals surface area contributed by atoms with Gasteiger partial charge in [0.25, 0.3) is 0 Å². The van der Waals surface area contributed by atoms with E-state index in [-0.39, 0.29) is 5.91 Å². The Balaban J connectivity index is 1.71. The molecule has 0 aliphatic heterocycles. The summed E-state index contributed by atoms with van der Waals surface area (Å²) >= 11 is 13.1. The zero-order chi connectivity index (χ0) is 17.8. The first kappa shape index (κ1) is 17.7. The molecule has 0 unspecified atom stereocenters. The summed E-state index contributed by atoms with van der Waals surface area (Å²) in [5.41, 5.74) is 1.36. The molecule has 9 heteroatoms. The SMILES string of the molecule is C[C@@H](Sc1nnnn1-c1ccccc1)C(=O)Nc1cc(Cl)cc(Cl)c1. The van der Waals surface area contributed by atoms with Crippen molar-refractivity contribution in [1.29, 1.82) is 0 Å². The van der Waals surface area contributed by atoms with E-state index >= 15 is 0 Å². The summed E-state index contributed by atoms with van der Waals surface area (Å²) < 4.78 is 1.59. The van der Waals surface area contributed by atoms with Crippen LogP contribution in [-0.4, -0.2) is 31.4 Å². The van der Waals surface area contributed by atoms with Crippen molar-refractivity contribution in [3.63, 3.8) is 0 Å². The molecule has 1 amide bonds. The molecule has 0 aliphatic carbocycles. The third kappa shape index (κ3) is 4.50. The van der Waals surface area contributed by atoms with Crippen LogP contribution in [-0.2, 0) is 4.79 Å². The van der Waals surface area contributed by atoms with E-state index in [1.54, 1.807) is 29.8 Å². The highest BCUT2D eigenvalue weighted by atomic mass is 35.5. The largest absolute Gasteiger partial charge is 0.325 e. The third-order valence-corrected chi connectivity index (χ3v) is 4.69. The van der Waals surface area contributed by atoms with Gasteiger partial charge in [0.1, 0.15) is 0 Å². The van der Waals surface area contributed by atoms with Crippen molar-refractivity contribution in [2.24, 2.45) is 0 Å². The van der Waals surface area contributed by atoms with E-state index in [1.807, 2.05) is 30.3 Å². The minimum Gasteiger partial charge on any atom is -0.325 e. The number of thioether (sulfide) groups is 1. The Bertz CT molecular complexity index is 867. The second kappa shape index (κ2) is 7.86. The Kier molecular flexibility index (Phi) is 5.57. The molecule has 2 aromatic carbocycles. The number of carbonyl (C=O) groups excluding carboxylic acids is 1. The van der Waals surface area contributed by atoms with E-state index in [2.05, 4.69) is 20.8 Å². The van der Waals surface area contributed by atoms with Crippen LogP contribution in [0.15, 0.2) is 53.7 Å². The Morgan fingerprint density at radius 1 is 1.16 bits per heavy atom. The van der Waals surface area contributed by atoms with Crippen molar-refractivity contribution < 1.29 is 4.79 Å². The zero-order valence-electron chi connectivity index (χ0n) is 13.1. The highest BCUT2D eigenvalue weighted by molar-refractivity contribution is 8.00. The number of halogens is 2. The van der Waals surface area contributed by atoms with Crippen molar-refractivity contribution in [3.05, 3.63) is 58.6 Å². The van der Waals surface area contributed by atoms with Crippen LogP contribution in [0.2, 0.25) is 10.0 Å². The number of hydrogen-bond acceptors (Lipinski definition) is 5. The average molecular weight is 394 g/mol. The smallest absolute Gasteiger partial charge is 0.237 e. The number of nitrogens with zero attached hydrogens (tertiary/aromatic N) is 4. The number of anilines is 1. The summed E-state index contributed by atoms with van der Waals surface area (Å²) in [5, 5.41) is 15.5. The maximum absolute atomic E-state index is 12.4. The molecule has 0 saturated heterocycles. The maximum atomic E-state index is 12.4. The predicted octanol–water partition coefficient (Wildman–Crippen LogP) is 4.09. The molecule has 0 fully saturated rings. The first-order chi connectivity index (χ1) is 12.0. The number of carbonyl (C=O) groups is 1. The van der Waals surface area contributed by atoms with Crippen molar-refractivity contribution in [3.8, 4) is 5.69 Å². The number of benzene rings is 2. The Hall–Kier alpha value is -2.09. The predicted molar refractivity (Wildman–Crippen MR) is 99.6 cm³/mol. The average Bonchev–Trinajstić information content (AvgIpc) is 3.02. The number of aromatic nitrogens is 4. The maximum Gasteiger partial charge on any atom is 0.237 e. The van der Waals surface area contributed by atoms with E-state index < -0.39 is 5.25 Å². The fourth-order valence-electron chi connectivity index (χ4n) is 2.07. The van der Waals surface area contributed by atoms with Gasteiger partial charge in [0.15, 0.2) is 0 Å². The van der Waals surface area contributed by atoms with Crippen molar-refractivity contribution in [1.82, 2.24) is 20.2 Å². The fourth-order valence-corrected chi connectivity index (χ4v) is 3.40. The summed E-state index contributed by atoms with van der Waals surface area (Å²) in [5.74, 6) is -0.203. The number of amides is 1. The molecule has 3 rings (SSSR count). The second-order valence-electron chi connectivity index (χ2n) is 5.12. The van der Waals surface area contributed by atoms with Crippen LogP contribution in [0.3, 0.4) is 0 Å². The van der Waals surface area contributed by atoms with Gasteiger partial charge >= 0.3 is 0 Å². The highest BCUT2D eigenvalue weighted by Gasteiger charge is 2.19. The summed E-state index contributed by atoms with van der Waals surface area (Å²) in [6, 6.07) is 14.3. The molecular formula is C16H13Cl2N5OS. The molecule has 0 radical (unpaired) electrons. The molecule has 1 aromatic heterocycles. The standard InChI is InChI=1S/C16H13Cl2N5OS/c1-10(15(24)19-13-8-11(17)7-12(18)9-13)25-16-20-21-22-23(16)14-5-3-2-4-6-14/h2-10H,1H3,(H,19,24)/t10-/m1/s1. The monoisotopic (exact) mass is 393 g/mol. The minimum atomic E-state index is -0.425. The molecule has 0 spiro atoms. The summed E-state index contributed by atoms with van der Waals surface area (Å²) in [6.45, 7) is 1.77. The zero-order valence-corrected chi connectivity index (χ0v) is 15.4. The van der Waals surface area contributed by atoms with Gasteiger partial charge in [-0.2, -0.15) is 4.68 Å². The molecule has 128 valence electrons.